The molecule has 0 heterocycles. The number of aryl methyl sites for hydroxylation is 1. The van der Waals surface area contributed by atoms with Crippen molar-refractivity contribution < 1.29 is 13.5 Å². The minimum Gasteiger partial charge on any atom is -0.395 e. The third kappa shape index (κ3) is 3.67. The molecule has 2 aromatic rings. The molecule has 0 atom stereocenters. The highest BCUT2D eigenvalue weighted by molar-refractivity contribution is 7.92. The van der Waals surface area contributed by atoms with Gasteiger partial charge in [0.05, 0.1) is 11.5 Å². The fourth-order valence-corrected chi connectivity index (χ4v) is 3.07. The standard InChI is InChI=1S/C17H21NO3S/c1-13-4-10-16(11-5-13)22(20,21)18-15-8-6-14(7-9-15)17(2,3)12-19/h4-11,18-19H,12H2,1-3H3. The lowest BCUT2D eigenvalue weighted by atomic mass is 9.86. The molecular weight excluding hydrogens is 298 g/mol. The van der Waals surface area contributed by atoms with Gasteiger partial charge >= 0.3 is 0 Å². The molecule has 0 fully saturated rings. The molecule has 0 saturated carbocycles. The van der Waals surface area contributed by atoms with E-state index in [1.807, 2.05) is 32.9 Å². The summed E-state index contributed by atoms with van der Waals surface area (Å²) < 4.78 is 27.2. The lowest BCUT2D eigenvalue weighted by molar-refractivity contribution is 0.218. The van der Waals surface area contributed by atoms with Crippen molar-refractivity contribution in [2.24, 2.45) is 0 Å². The maximum absolute atomic E-state index is 12.3. The first-order valence-corrected chi connectivity index (χ1v) is 8.54. The smallest absolute Gasteiger partial charge is 0.261 e. The molecule has 0 aromatic heterocycles. The van der Waals surface area contributed by atoms with E-state index in [1.165, 1.54) is 0 Å². The lowest BCUT2D eigenvalue weighted by Gasteiger charge is -2.22. The summed E-state index contributed by atoms with van der Waals surface area (Å²) in [6.07, 6.45) is 0. The molecule has 22 heavy (non-hydrogen) atoms. The average Bonchev–Trinajstić information content (AvgIpc) is 2.48. The molecule has 5 heteroatoms. The zero-order chi connectivity index (χ0) is 16.4. The SMILES string of the molecule is Cc1ccc(S(=O)(=O)Nc2ccc(C(C)(C)CO)cc2)cc1. The van der Waals surface area contributed by atoms with Gasteiger partial charge in [-0.2, -0.15) is 0 Å². The summed E-state index contributed by atoms with van der Waals surface area (Å²) >= 11 is 0. The molecule has 0 bridgehead atoms. The number of sulfonamides is 1. The van der Waals surface area contributed by atoms with Crippen LogP contribution in [0.4, 0.5) is 5.69 Å². The highest BCUT2D eigenvalue weighted by Gasteiger charge is 2.19. The van der Waals surface area contributed by atoms with Gasteiger partial charge in [-0.3, -0.25) is 4.72 Å². The number of benzene rings is 2. The Balaban J connectivity index is 2.22. The van der Waals surface area contributed by atoms with Gasteiger partial charge in [-0.15, -0.1) is 0 Å². The number of anilines is 1. The van der Waals surface area contributed by atoms with Crippen LogP contribution in [0.1, 0.15) is 25.0 Å². The number of aliphatic hydroxyl groups is 1. The van der Waals surface area contributed by atoms with Crippen molar-refractivity contribution in [3.05, 3.63) is 59.7 Å². The molecule has 0 saturated heterocycles. The van der Waals surface area contributed by atoms with Gasteiger partial charge in [0, 0.05) is 11.1 Å². The van der Waals surface area contributed by atoms with Gasteiger partial charge in [-0.25, -0.2) is 8.42 Å². The third-order valence-electron chi connectivity index (χ3n) is 3.65. The molecule has 0 amide bonds. The summed E-state index contributed by atoms with van der Waals surface area (Å²) in [4.78, 5) is 0.234. The van der Waals surface area contributed by atoms with Gasteiger partial charge in [-0.1, -0.05) is 43.7 Å². The van der Waals surface area contributed by atoms with Crippen LogP contribution in [0.25, 0.3) is 0 Å². The highest BCUT2D eigenvalue weighted by Crippen LogP contribution is 2.24. The molecule has 2 aromatic carbocycles. The Bertz CT molecular complexity index is 732. The van der Waals surface area contributed by atoms with Gasteiger partial charge < -0.3 is 5.11 Å². The minimum atomic E-state index is -3.58. The van der Waals surface area contributed by atoms with Crippen LogP contribution in [0.3, 0.4) is 0 Å². The second-order valence-corrected chi connectivity index (χ2v) is 7.72. The predicted octanol–water partition coefficient (Wildman–Crippen LogP) is 3.07. The molecule has 0 radical (unpaired) electrons. The van der Waals surface area contributed by atoms with Crippen molar-refractivity contribution in [2.45, 2.75) is 31.1 Å². The molecule has 2 N–H and O–H groups in total. The quantitative estimate of drug-likeness (QED) is 0.890. The fourth-order valence-electron chi connectivity index (χ4n) is 2.01. The van der Waals surface area contributed by atoms with E-state index in [1.54, 1.807) is 36.4 Å². The minimum absolute atomic E-state index is 0.0292. The lowest BCUT2D eigenvalue weighted by Crippen LogP contribution is -2.22. The first kappa shape index (κ1) is 16.5. The fraction of sp³-hybridized carbons (Fsp3) is 0.294. The summed E-state index contributed by atoms with van der Waals surface area (Å²) in [5.74, 6) is 0. The molecule has 0 aliphatic rings. The number of nitrogens with one attached hydrogen (secondary N) is 1. The van der Waals surface area contributed by atoms with Crippen LogP contribution in [-0.2, 0) is 15.4 Å². The summed E-state index contributed by atoms with van der Waals surface area (Å²) in [5.41, 5.74) is 2.11. The Labute approximate surface area is 131 Å². The molecule has 0 spiro atoms. The predicted molar refractivity (Wildman–Crippen MR) is 88.5 cm³/mol. The highest BCUT2D eigenvalue weighted by atomic mass is 32.2. The molecule has 118 valence electrons. The Morgan fingerprint density at radius 2 is 1.55 bits per heavy atom. The van der Waals surface area contributed by atoms with E-state index < -0.39 is 10.0 Å². The monoisotopic (exact) mass is 319 g/mol. The zero-order valence-corrected chi connectivity index (χ0v) is 13.8. The van der Waals surface area contributed by atoms with Crippen LogP contribution in [0.2, 0.25) is 0 Å². The summed E-state index contributed by atoms with van der Waals surface area (Å²) in [6, 6.07) is 13.8. The van der Waals surface area contributed by atoms with Crippen molar-refractivity contribution in [1.82, 2.24) is 0 Å². The Kier molecular flexibility index (Phi) is 4.58. The van der Waals surface area contributed by atoms with Crippen molar-refractivity contribution in [1.29, 1.82) is 0 Å². The first-order valence-electron chi connectivity index (χ1n) is 7.05. The normalized spacial score (nSPS) is 12.2. The van der Waals surface area contributed by atoms with Crippen molar-refractivity contribution in [3.8, 4) is 0 Å². The Morgan fingerprint density at radius 3 is 2.05 bits per heavy atom. The number of hydrogen-bond donors (Lipinski definition) is 2. The molecule has 4 nitrogen and oxygen atoms in total. The van der Waals surface area contributed by atoms with E-state index in [0.717, 1.165) is 11.1 Å². The van der Waals surface area contributed by atoms with Crippen LogP contribution in [0.15, 0.2) is 53.4 Å². The van der Waals surface area contributed by atoms with Crippen LogP contribution in [0.5, 0.6) is 0 Å². The summed E-state index contributed by atoms with van der Waals surface area (Å²) in [5, 5.41) is 9.36. The second kappa shape index (κ2) is 6.10. The molecule has 0 aliphatic carbocycles. The van der Waals surface area contributed by atoms with E-state index in [0.29, 0.717) is 5.69 Å². The number of aliphatic hydroxyl groups excluding tert-OH is 1. The zero-order valence-electron chi connectivity index (χ0n) is 13.0. The van der Waals surface area contributed by atoms with E-state index in [4.69, 9.17) is 0 Å². The summed E-state index contributed by atoms with van der Waals surface area (Å²) in [6.45, 7) is 5.80. The number of hydrogen-bond acceptors (Lipinski definition) is 3. The van der Waals surface area contributed by atoms with Gasteiger partial charge in [0.1, 0.15) is 0 Å². The van der Waals surface area contributed by atoms with E-state index in [-0.39, 0.29) is 16.9 Å². The van der Waals surface area contributed by atoms with Crippen LogP contribution in [-0.4, -0.2) is 20.1 Å². The molecule has 0 aliphatic heterocycles. The van der Waals surface area contributed by atoms with Crippen molar-refractivity contribution >= 4 is 15.7 Å². The van der Waals surface area contributed by atoms with Crippen molar-refractivity contribution in [3.63, 3.8) is 0 Å². The first-order chi connectivity index (χ1) is 10.2. The maximum Gasteiger partial charge on any atom is 0.261 e. The largest absolute Gasteiger partial charge is 0.395 e. The number of rotatable bonds is 5. The third-order valence-corrected chi connectivity index (χ3v) is 5.04. The Hall–Kier alpha value is -1.85. The van der Waals surface area contributed by atoms with Gasteiger partial charge in [-0.05, 0) is 36.8 Å². The van der Waals surface area contributed by atoms with Gasteiger partial charge in [0.15, 0.2) is 0 Å². The van der Waals surface area contributed by atoms with Gasteiger partial charge in [0.25, 0.3) is 10.0 Å². The van der Waals surface area contributed by atoms with Crippen LogP contribution in [0, 0.1) is 6.92 Å². The van der Waals surface area contributed by atoms with E-state index in [9.17, 15) is 13.5 Å². The van der Waals surface area contributed by atoms with E-state index >= 15 is 0 Å². The molecular formula is C17H21NO3S. The van der Waals surface area contributed by atoms with Gasteiger partial charge in [0.2, 0.25) is 0 Å². The molecule has 0 unspecified atom stereocenters. The van der Waals surface area contributed by atoms with E-state index in [2.05, 4.69) is 4.72 Å². The summed E-state index contributed by atoms with van der Waals surface area (Å²) in [7, 11) is -3.58. The molecule has 2 rings (SSSR count). The van der Waals surface area contributed by atoms with Crippen LogP contribution < -0.4 is 4.72 Å². The van der Waals surface area contributed by atoms with Crippen molar-refractivity contribution in [2.75, 3.05) is 11.3 Å². The second-order valence-electron chi connectivity index (χ2n) is 6.04. The average molecular weight is 319 g/mol. The Morgan fingerprint density at radius 1 is 1.00 bits per heavy atom. The topological polar surface area (TPSA) is 66.4 Å². The maximum atomic E-state index is 12.3. The van der Waals surface area contributed by atoms with Crippen LogP contribution >= 0.6 is 0 Å².